The van der Waals surface area contributed by atoms with Crippen LogP contribution in [0.25, 0.3) is 0 Å². The number of hydrogen-bond donors (Lipinski definition) is 1. The highest BCUT2D eigenvalue weighted by atomic mass is 79.9. The average Bonchev–Trinajstić information content (AvgIpc) is 3.42. The second-order valence-corrected chi connectivity index (χ2v) is 10.9. The van der Waals surface area contributed by atoms with Gasteiger partial charge in [0.05, 0.1) is 22.7 Å². The first-order valence-electron chi connectivity index (χ1n) is 13.9. The number of rotatable bonds is 18. The number of anilines is 1. The topological polar surface area (TPSA) is 42.2 Å². The number of hydrogen-bond acceptors (Lipinski definition) is 3. The number of ether oxygens (including phenoxy) is 1. The van der Waals surface area contributed by atoms with Crippen LogP contribution >= 0.6 is 22.9 Å². The van der Waals surface area contributed by atoms with Crippen LogP contribution in [0.4, 0.5) is 5.69 Å². The van der Waals surface area contributed by atoms with Gasteiger partial charge in [0, 0.05) is 17.2 Å². The molecule has 1 heterocycles. The summed E-state index contributed by atoms with van der Waals surface area (Å²) in [7, 11) is 0. The van der Waals surface area contributed by atoms with E-state index in [0.29, 0.717) is 22.9 Å². The number of aromatic nitrogens is 1. The van der Waals surface area contributed by atoms with Gasteiger partial charge < -0.3 is 27.0 Å². The lowest BCUT2D eigenvalue weighted by Gasteiger charge is -2.11. The quantitative estimate of drug-likeness (QED) is 0.138. The molecule has 0 unspecified atom stereocenters. The van der Waals surface area contributed by atoms with E-state index in [2.05, 4.69) is 22.3 Å². The standard InChI is InChI=1S/C31H41ClN2O2S.BrH/c1-2-3-4-5-6-7-8-9-10-11-12-13-21-36-28-18-19-30(29(32)23-28)33-31(35)27-16-14-26(15-17-27)24-34-20-22-37-25-34;/h14-20,22-23,25H,2-13,21,24H2,1H3;1H. The van der Waals surface area contributed by atoms with Gasteiger partial charge in [0.25, 0.3) is 5.91 Å². The molecule has 2 aromatic carbocycles. The zero-order valence-corrected chi connectivity index (χ0v) is 25.8. The molecular formula is C31H42BrClN2O2S. The summed E-state index contributed by atoms with van der Waals surface area (Å²) in [5.41, 5.74) is 4.40. The zero-order valence-electron chi connectivity index (χ0n) is 22.6. The van der Waals surface area contributed by atoms with E-state index in [0.717, 1.165) is 24.3 Å². The van der Waals surface area contributed by atoms with Crippen LogP contribution in [0.2, 0.25) is 5.02 Å². The van der Waals surface area contributed by atoms with Gasteiger partial charge in [-0.2, -0.15) is 4.57 Å². The molecular weight excluding hydrogens is 580 g/mol. The molecule has 0 saturated carbocycles. The van der Waals surface area contributed by atoms with Gasteiger partial charge in [-0.15, -0.1) is 0 Å². The molecule has 1 amide bonds. The first-order chi connectivity index (χ1) is 18.2. The molecule has 38 heavy (non-hydrogen) atoms. The molecule has 3 aromatic rings. The van der Waals surface area contributed by atoms with Crippen LogP contribution < -0.4 is 31.6 Å². The number of nitrogens with zero attached hydrogens (tertiary/aromatic N) is 1. The second kappa shape index (κ2) is 19.2. The number of carbonyl (C=O) groups excluding carboxylic acids is 1. The lowest BCUT2D eigenvalue weighted by molar-refractivity contribution is -0.683. The summed E-state index contributed by atoms with van der Waals surface area (Å²) in [5.74, 6) is 0.558. The Labute approximate surface area is 248 Å². The smallest absolute Gasteiger partial charge is 0.255 e. The van der Waals surface area contributed by atoms with Crippen LogP contribution in [0.3, 0.4) is 0 Å². The maximum absolute atomic E-state index is 12.7. The lowest BCUT2D eigenvalue weighted by atomic mass is 10.1. The molecule has 1 N–H and O–H groups in total. The number of unbranched alkanes of at least 4 members (excludes halogenated alkanes) is 11. The Kier molecular flexibility index (Phi) is 16.3. The van der Waals surface area contributed by atoms with Crippen LogP contribution in [-0.2, 0) is 6.54 Å². The fraction of sp³-hybridized carbons (Fsp3) is 0.484. The molecule has 1 aromatic heterocycles. The molecule has 4 nitrogen and oxygen atoms in total. The van der Waals surface area contributed by atoms with Gasteiger partial charge >= 0.3 is 0 Å². The normalized spacial score (nSPS) is 10.7. The summed E-state index contributed by atoms with van der Waals surface area (Å²) in [6.45, 7) is 3.75. The van der Waals surface area contributed by atoms with E-state index in [1.807, 2.05) is 41.9 Å². The van der Waals surface area contributed by atoms with E-state index in [1.54, 1.807) is 23.5 Å². The number of carbonyl (C=O) groups is 1. The number of amides is 1. The van der Waals surface area contributed by atoms with Crippen LogP contribution in [0.1, 0.15) is 99.9 Å². The van der Waals surface area contributed by atoms with Gasteiger partial charge in [0.2, 0.25) is 5.51 Å². The fourth-order valence-corrected chi connectivity index (χ4v) is 5.15. The minimum Gasteiger partial charge on any atom is -1.00 e. The first kappa shape index (κ1) is 32.3. The van der Waals surface area contributed by atoms with Crippen molar-refractivity contribution < 1.29 is 31.1 Å². The third-order valence-electron chi connectivity index (χ3n) is 6.56. The molecule has 0 aliphatic carbocycles. The second-order valence-electron chi connectivity index (χ2n) is 9.73. The minimum atomic E-state index is -0.179. The van der Waals surface area contributed by atoms with Crippen molar-refractivity contribution in [2.75, 3.05) is 11.9 Å². The zero-order chi connectivity index (χ0) is 26.1. The van der Waals surface area contributed by atoms with Gasteiger partial charge in [-0.05, 0) is 30.7 Å². The minimum absolute atomic E-state index is 0. The Morgan fingerprint density at radius 2 is 1.53 bits per heavy atom. The van der Waals surface area contributed by atoms with E-state index in [1.165, 1.54) is 70.6 Å². The number of thiazole rings is 1. The monoisotopic (exact) mass is 620 g/mol. The molecule has 0 atom stereocenters. The summed E-state index contributed by atoms with van der Waals surface area (Å²) in [6.07, 6.45) is 18.0. The number of halogens is 2. The van der Waals surface area contributed by atoms with Gasteiger partial charge in [0.15, 0.2) is 12.7 Å². The highest BCUT2D eigenvalue weighted by Crippen LogP contribution is 2.27. The molecule has 0 fully saturated rings. The van der Waals surface area contributed by atoms with Crippen LogP contribution in [0.5, 0.6) is 5.75 Å². The molecule has 7 heteroatoms. The van der Waals surface area contributed by atoms with Crippen LogP contribution in [0, 0.1) is 0 Å². The first-order valence-corrected chi connectivity index (χ1v) is 15.2. The summed E-state index contributed by atoms with van der Waals surface area (Å²) >= 11 is 8.09. The number of nitrogens with one attached hydrogen (secondary N) is 1. The Hall–Kier alpha value is -1.89. The van der Waals surface area contributed by atoms with Crippen molar-refractivity contribution in [2.45, 2.75) is 90.5 Å². The third-order valence-corrected chi connectivity index (χ3v) is 7.55. The van der Waals surface area contributed by atoms with Gasteiger partial charge in [-0.1, -0.05) is 113 Å². The predicted molar refractivity (Wildman–Crippen MR) is 156 cm³/mol. The fourth-order valence-electron chi connectivity index (χ4n) is 4.34. The van der Waals surface area contributed by atoms with Crippen LogP contribution in [0.15, 0.2) is 59.6 Å². The van der Waals surface area contributed by atoms with E-state index in [-0.39, 0.29) is 22.9 Å². The third kappa shape index (κ3) is 12.3. The van der Waals surface area contributed by atoms with E-state index in [4.69, 9.17) is 16.3 Å². The number of benzene rings is 2. The highest BCUT2D eigenvalue weighted by Gasteiger charge is 2.11. The maximum Gasteiger partial charge on any atom is 0.255 e. The van der Waals surface area contributed by atoms with Crippen molar-refractivity contribution >= 4 is 34.5 Å². The molecule has 3 rings (SSSR count). The van der Waals surface area contributed by atoms with Crippen molar-refractivity contribution in [3.05, 3.63) is 75.7 Å². The van der Waals surface area contributed by atoms with Gasteiger partial charge in [-0.25, -0.2) is 0 Å². The summed E-state index contributed by atoms with van der Waals surface area (Å²) in [6, 6.07) is 13.1. The molecule has 0 saturated heterocycles. The lowest BCUT2D eigenvalue weighted by Crippen LogP contribution is -3.00. The summed E-state index contributed by atoms with van der Waals surface area (Å²) < 4.78 is 7.99. The van der Waals surface area contributed by atoms with Crippen molar-refractivity contribution in [1.82, 2.24) is 0 Å². The molecule has 0 bridgehead atoms. The summed E-state index contributed by atoms with van der Waals surface area (Å²) in [4.78, 5) is 12.7. The molecule has 0 radical (unpaired) electrons. The average molecular weight is 622 g/mol. The molecule has 208 valence electrons. The predicted octanol–water partition coefficient (Wildman–Crippen LogP) is 6.07. The molecule has 0 aliphatic heterocycles. The summed E-state index contributed by atoms with van der Waals surface area (Å²) in [5, 5.41) is 5.43. The van der Waals surface area contributed by atoms with Crippen LogP contribution in [-0.4, -0.2) is 12.5 Å². The SMILES string of the molecule is CCCCCCCCCCCCCCOc1ccc(NC(=O)c2ccc(C[n+]3ccsc3)cc2)c(Cl)c1.[Br-]. The van der Waals surface area contributed by atoms with Gasteiger partial charge in [-0.3, -0.25) is 4.79 Å². The molecule has 0 spiro atoms. The van der Waals surface area contributed by atoms with Crippen molar-refractivity contribution in [1.29, 1.82) is 0 Å². The Morgan fingerprint density at radius 1 is 0.895 bits per heavy atom. The Bertz CT molecular complexity index is 1040. The van der Waals surface area contributed by atoms with E-state index >= 15 is 0 Å². The Morgan fingerprint density at radius 3 is 2.11 bits per heavy atom. The van der Waals surface area contributed by atoms with Gasteiger partial charge in [0.1, 0.15) is 5.75 Å². The Balaban J connectivity index is 0.00000507. The highest BCUT2D eigenvalue weighted by molar-refractivity contribution is 7.07. The van der Waals surface area contributed by atoms with Crippen molar-refractivity contribution in [2.24, 2.45) is 0 Å². The van der Waals surface area contributed by atoms with E-state index in [9.17, 15) is 4.79 Å². The largest absolute Gasteiger partial charge is 1.00 e. The molecule has 0 aliphatic rings. The maximum atomic E-state index is 12.7. The van der Waals surface area contributed by atoms with E-state index < -0.39 is 0 Å². The van der Waals surface area contributed by atoms with Crippen molar-refractivity contribution in [3.8, 4) is 5.75 Å². The van der Waals surface area contributed by atoms with Crippen molar-refractivity contribution in [3.63, 3.8) is 0 Å².